The van der Waals surface area contributed by atoms with Gasteiger partial charge in [0.05, 0.1) is 21.8 Å². The summed E-state index contributed by atoms with van der Waals surface area (Å²) in [5, 5.41) is 12.1. The number of hydrogen-bond donors (Lipinski definition) is 2. The normalized spacial score (nSPS) is 21.5. The molecular weight excluding hydrogens is 168 g/mol. The van der Waals surface area contributed by atoms with Crippen LogP contribution in [0.3, 0.4) is 0 Å². The van der Waals surface area contributed by atoms with Crippen LogP contribution in [0.1, 0.15) is 0 Å². The molecule has 1 aliphatic heterocycles. The van der Waals surface area contributed by atoms with Crippen LogP contribution in [0.4, 0.5) is 0 Å². The second-order valence-electron chi connectivity index (χ2n) is 1.81. The highest BCUT2D eigenvalue weighted by Gasteiger charge is 2.05. The molecule has 11 heavy (non-hydrogen) atoms. The summed E-state index contributed by atoms with van der Waals surface area (Å²) >= 11 is 0. The molecule has 1 rings (SSSR count). The van der Waals surface area contributed by atoms with Gasteiger partial charge in [0.25, 0.3) is 0 Å². The number of hydrogen-bond acceptors (Lipinski definition) is 4. The van der Waals surface area contributed by atoms with Gasteiger partial charge < -0.3 is 10.4 Å². The maximum Gasteiger partial charge on any atom is 0.322 e. The zero-order valence-electron chi connectivity index (χ0n) is 5.48. The van der Waals surface area contributed by atoms with E-state index in [0.717, 1.165) is 0 Å². The molecule has 1 heterocycles. The zero-order valence-corrected chi connectivity index (χ0v) is 6.30. The van der Waals surface area contributed by atoms with Crippen LogP contribution in [0, 0.1) is 0 Å². The molecule has 1 unspecified atom stereocenters. The molecule has 60 valence electrons. The largest absolute Gasteiger partial charge is 0.480 e. The monoisotopic (exact) mass is 174 g/mol. The molecule has 0 radical (unpaired) electrons. The Morgan fingerprint density at radius 2 is 2.55 bits per heavy atom. The molecule has 0 spiro atoms. The van der Waals surface area contributed by atoms with E-state index in [1.807, 2.05) is 0 Å². The average molecular weight is 174 g/mol. The van der Waals surface area contributed by atoms with Crippen LogP contribution in [0.2, 0.25) is 0 Å². The summed E-state index contributed by atoms with van der Waals surface area (Å²) in [7, 11) is -1.18. The molecular formula is C5H6N2O3S. The van der Waals surface area contributed by atoms with Crippen molar-refractivity contribution in [3.8, 4) is 0 Å². The quantitative estimate of drug-likeness (QED) is 0.590. The Hall–Kier alpha value is -1.17. The Morgan fingerprint density at radius 1 is 1.82 bits per heavy atom. The fourth-order valence-corrected chi connectivity index (χ4v) is 1.18. The van der Waals surface area contributed by atoms with E-state index in [4.69, 9.17) is 5.11 Å². The lowest BCUT2D eigenvalue weighted by atomic mass is 10.6. The van der Waals surface area contributed by atoms with E-state index in [0.29, 0.717) is 5.82 Å². The lowest BCUT2D eigenvalue weighted by molar-refractivity contribution is -0.135. The number of nitrogens with one attached hydrogen (secondary N) is 1. The molecule has 1 atom stereocenters. The van der Waals surface area contributed by atoms with E-state index in [1.165, 1.54) is 11.0 Å². The molecule has 0 bridgehead atoms. The predicted octanol–water partition coefficient (Wildman–Crippen LogP) is -0.750. The first-order chi connectivity index (χ1) is 5.18. The Labute approximate surface area is 65.3 Å². The van der Waals surface area contributed by atoms with Gasteiger partial charge in [0.15, 0.2) is 0 Å². The van der Waals surface area contributed by atoms with Gasteiger partial charge in [-0.2, -0.15) is 0 Å². The molecule has 6 heteroatoms. The summed E-state index contributed by atoms with van der Waals surface area (Å²) in [6.45, 7) is -0.208. The third-order valence-corrected chi connectivity index (χ3v) is 1.71. The second kappa shape index (κ2) is 3.29. The van der Waals surface area contributed by atoms with Crippen molar-refractivity contribution in [1.29, 1.82) is 0 Å². The first-order valence-corrected chi connectivity index (χ1v) is 4.07. The van der Waals surface area contributed by atoms with E-state index in [2.05, 4.69) is 10.3 Å². The maximum absolute atomic E-state index is 10.6. The molecule has 0 aromatic rings. The molecule has 0 fully saturated rings. The van der Waals surface area contributed by atoms with E-state index in [1.54, 1.807) is 0 Å². The minimum atomic E-state index is -1.18. The van der Waals surface area contributed by atoms with Gasteiger partial charge in [-0.25, -0.2) is 9.20 Å². The van der Waals surface area contributed by atoms with Crippen LogP contribution in [-0.4, -0.2) is 27.4 Å². The maximum atomic E-state index is 10.6. The smallest absolute Gasteiger partial charge is 0.322 e. The van der Waals surface area contributed by atoms with Gasteiger partial charge in [-0.15, -0.1) is 0 Å². The first-order valence-electron chi connectivity index (χ1n) is 2.79. The van der Waals surface area contributed by atoms with Gasteiger partial charge >= 0.3 is 5.97 Å². The van der Waals surface area contributed by atoms with Crippen molar-refractivity contribution in [2.45, 2.75) is 0 Å². The minimum absolute atomic E-state index is 0.208. The summed E-state index contributed by atoms with van der Waals surface area (Å²) in [4.78, 5) is 13.7. The first kappa shape index (κ1) is 7.93. The third-order valence-electron chi connectivity index (χ3n) is 0.944. The Bertz CT molecular complexity index is 258. The van der Waals surface area contributed by atoms with Gasteiger partial charge in [-0.1, -0.05) is 0 Å². The van der Waals surface area contributed by atoms with Gasteiger partial charge in [0.1, 0.15) is 12.4 Å². The molecule has 1 aliphatic rings. The highest BCUT2D eigenvalue weighted by Crippen LogP contribution is 2.00. The lowest BCUT2D eigenvalue weighted by Crippen LogP contribution is -2.20. The number of carbonyl (C=O) groups is 1. The molecule has 5 nitrogen and oxygen atoms in total. The van der Waals surface area contributed by atoms with Crippen LogP contribution in [0.5, 0.6) is 0 Å². The molecule has 0 amide bonds. The molecule has 0 aromatic heterocycles. The Balaban J connectivity index is 2.40. The average Bonchev–Trinajstić information content (AvgIpc) is 2.31. The van der Waals surface area contributed by atoms with Crippen molar-refractivity contribution in [3.63, 3.8) is 0 Å². The van der Waals surface area contributed by atoms with Crippen molar-refractivity contribution in [2.75, 3.05) is 6.54 Å². The summed E-state index contributed by atoms with van der Waals surface area (Å²) < 4.78 is 10.6. The number of carboxylic acids is 1. The number of nitrogens with zero attached hydrogens (tertiary/aromatic N) is 1. The SMILES string of the molecule is O=C(O)CNC1=CS(=O)C=N1. The van der Waals surface area contributed by atoms with Crippen molar-refractivity contribution in [2.24, 2.45) is 4.99 Å². The Kier molecular flexibility index (Phi) is 2.37. The fraction of sp³-hybridized carbons (Fsp3) is 0.200. The summed E-state index contributed by atoms with van der Waals surface area (Å²) in [5.74, 6) is -0.621. The molecule has 0 saturated heterocycles. The fourth-order valence-electron chi connectivity index (χ4n) is 0.533. The third kappa shape index (κ3) is 2.50. The summed E-state index contributed by atoms with van der Waals surface area (Å²) in [6.07, 6.45) is 0. The van der Waals surface area contributed by atoms with Crippen molar-refractivity contribution >= 4 is 22.3 Å². The zero-order chi connectivity index (χ0) is 8.27. The molecule has 2 N–H and O–H groups in total. The number of rotatable bonds is 3. The van der Waals surface area contributed by atoms with E-state index in [-0.39, 0.29) is 6.54 Å². The predicted molar refractivity (Wildman–Crippen MR) is 40.4 cm³/mol. The van der Waals surface area contributed by atoms with Gasteiger partial charge in [0.2, 0.25) is 0 Å². The van der Waals surface area contributed by atoms with Gasteiger partial charge in [-0.3, -0.25) is 4.79 Å². The second-order valence-corrected chi connectivity index (χ2v) is 2.92. The molecule has 0 aromatic carbocycles. The van der Waals surface area contributed by atoms with Crippen molar-refractivity contribution in [3.05, 3.63) is 11.2 Å². The van der Waals surface area contributed by atoms with E-state index >= 15 is 0 Å². The highest BCUT2D eigenvalue weighted by atomic mass is 32.2. The molecule has 0 saturated carbocycles. The van der Waals surface area contributed by atoms with Gasteiger partial charge in [0, 0.05) is 0 Å². The number of carboxylic acid groups (broad SMARTS) is 1. The van der Waals surface area contributed by atoms with Crippen LogP contribution >= 0.6 is 0 Å². The standard InChI is InChI=1S/C5H6N2O3S/c8-5(9)1-6-4-2-11(10)3-7-4/h2-3,6H,1H2,(H,8,9). The summed E-state index contributed by atoms with van der Waals surface area (Å²) in [5.41, 5.74) is 1.24. The van der Waals surface area contributed by atoms with Crippen molar-refractivity contribution < 1.29 is 14.1 Å². The highest BCUT2D eigenvalue weighted by molar-refractivity contribution is 8.01. The summed E-state index contributed by atoms with van der Waals surface area (Å²) in [6, 6.07) is 0. The Morgan fingerprint density at radius 3 is 3.00 bits per heavy atom. The molecule has 0 aliphatic carbocycles. The van der Waals surface area contributed by atoms with Crippen LogP contribution in [0.25, 0.3) is 0 Å². The lowest BCUT2D eigenvalue weighted by Gasteiger charge is -1.97. The van der Waals surface area contributed by atoms with Crippen LogP contribution < -0.4 is 5.32 Å². The van der Waals surface area contributed by atoms with Crippen molar-refractivity contribution in [1.82, 2.24) is 5.32 Å². The van der Waals surface area contributed by atoms with Crippen LogP contribution in [0.15, 0.2) is 16.2 Å². The van der Waals surface area contributed by atoms with E-state index < -0.39 is 16.8 Å². The topological polar surface area (TPSA) is 78.8 Å². The number of aliphatic carboxylic acids is 1. The number of aliphatic imine (C=N–C) groups is 1. The van der Waals surface area contributed by atoms with Gasteiger partial charge in [-0.05, 0) is 0 Å². The van der Waals surface area contributed by atoms with Crippen LogP contribution in [-0.2, 0) is 15.6 Å². The van der Waals surface area contributed by atoms with E-state index in [9.17, 15) is 9.00 Å². The minimum Gasteiger partial charge on any atom is -0.480 e.